The molecule has 0 aliphatic carbocycles. The molecule has 2 N–H and O–H groups in total. The van der Waals surface area contributed by atoms with Crippen LogP contribution in [0.3, 0.4) is 0 Å². The summed E-state index contributed by atoms with van der Waals surface area (Å²) in [6.07, 6.45) is 3.29. The molecule has 0 saturated carbocycles. The quantitative estimate of drug-likeness (QED) is 0.414. The van der Waals surface area contributed by atoms with Gasteiger partial charge in [-0.05, 0) is 48.2 Å². The van der Waals surface area contributed by atoms with Crippen molar-refractivity contribution in [1.29, 1.82) is 0 Å². The highest BCUT2D eigenvalue weighted by Gasteiger charge is 2.34. The first-order chi connectivity index (χ1) is 15.1. The van der Waals surface area contributed by atoms with Crippen LogP contribution < -0.4 is 10.6 Å². The first kappa shape index (κ1) is 19.7. The lowest BCUT2D eigenvalue weighted by atomic mass is 9.95. The van der Waals surface area contributed by atoms with Crippen molar-refractivity contribution in [2.75, 3.05) is 10.6 Å². The zero-order chi connectivity index (χ0) is 21.4. The molecule has 4 heterocycles. The van der Waals surface area contributed by atoms with Gasteiger partial charge in [0, 0.05) is 16.4 Å². The Balaban J connectivity index is 1.62. The topological polar surface area (TPSA) is 84.7 Å². The van der Waals surface area contributed by atoms with E-state index in [1.54, 1.807) is 40.5 Å². The Morgan fingerprint density at radius 3 is 2.87 bits per heavy atom. The van der Waals surface area contributed by atoms with Gasteiger partial charge < -0.3 is 10.6 Å². The molecule has 1 aliphatic heterocycles. The summed E-state index contributed by atoms with van der Waals surface area (Å²) in [6, 6.07) is 15.0. The van der Waals surface area contributed by atoms with Crippen molar-refractivity contribution in [3.8, 4) is 10.7 Å². The minimum absolute atomic E-state index is 0.221. The second kappa shape index (κ2) is 8.09. The summed E-state index contributed by atoms with van der Waals surface area (Å²) >= 11 is 5.12. The second-order valence-electron chi connectivity index (χ2n) is 7.00. The molecule has 0 radical (unpaired) electrons. The highest BCUT2D eigenvalue weighted by molar-refractivity contribution is 9.10. The SMILES string of the molecule is CC1=C(C(=O)Nc2cccnc2)[C@@H](c2cccc(Br)c2)n2nc(-c3cccs3)nc2N1. The highest BCUT2D eigenvalue weighted by Crippen LogP contribution is 2.37. The fourth-order valence-electron chi connectivity index (χ4n) is 3.58. The third kappa shape index (κ3) is 3.77. The number of benzene rings is 1. The number of fused-ring (bicyclic) bond motifs is 1. The van der Waals surface area contributed by atoms with E-state index in [0.29, 0.717) is 23.0 Å². The van der Waals surface area contributed by atoms with Crippen LogP contribution >= 0.6 is 27.3 Å². The van der Waals surface area contributed by atoms with E-state index in [2.05, 4.69) is 36.5 Å². The van der Waals surface area contributed by atoms with Crippen molar-refractivity contribution in [3.05, 3.63) is 87.6 Å². The summed E-state index contributed by atoms with van der Waals surface area (Å²) in [7, 11) is 0. The molecule has 1 aromatic carbocycles. The molecule has 1 atom stereocenters. The Morgan fingerprint density at radius 2 is 2.13 bits per heavy atom. The number of aromatic nitrogens is 4. The van der Waals surface area contributed by atoms with Crippen LogP contribution in [0, 0.1) is 0 Å². The first-order valence-electron chi connectivity index (χ1n) is 9.55. The Morgan fingerprint density at radius 1 is 1.23 bits per heavy atom. The number of carbonyl (C=O) groups is 1. The van der Waals surface area contributed by atoms with Gasteiger partial charge >= 0.3 is 0 Å². The Labute approximate surface area is 191 Å². The maximum Gasteiger partial charge on any atom is 0.255 e. The van der Waals surface area contributed by atoms with Crippen LogP contribution in [0.15, 0.2) is 82.0 Å². The number of hydrogen-bond acceptors (Lipinski definition) is 6. The summed E-state index contributed by atoms with van der Waals surface area (Å²) in [5.74, 6) is 1.00. The fraction of sp³-hybridized carbons (Fsp3) is 0.0909. The molecule has 4 aromatic rings. The van der Waals surface area contributed by atoms with E-state index in [1.807, 2.05) is 48.7 Å². The summed E-state index contributed by atoms with van der Waals surface area (Å²) < 4.78 is 2.70. The van der Waals surface area contributed by atoms with Gasteiger partial charge in [0.25, 0.3) is 5.91 Å². The maximum absolute atomic E-state index is 13.4. The molecule has 0 bridgehead atoms. The second-order valence-corrected chi connectivity index (χ2v) is 8.86. The van der Waals surface area contributed by atoms with E-state index >= 15 is 0 Å². The number of anilines is 2. The first-order valence-corrected chi connectivity index (χ1v) is 11.2. The average Bonchev–Trinajstić information content (AvgIpc) is 3.43. The summed E-state index contributed by atoms with van der Waals surface area (Å²) in [4.78, 5) is 23.1. The molecular formula is C22H17BrN6OS. The van der Waals surface area contributed by atoms with Crippen LogP contribution in [0.4, 0.5) is 11.6 Å². The molecular weight excluding hydrogens is 476 g/mol. The predicted octanol–water partition coefficient (Wildman–Crippen LogP) is 5.09. The molecule has 3 aromatic heterocycles. The number of amides is 1. The zero-order valence-corrected chi connectivity index (χ0v) is 18.8. The Kier molecular flexibility index (Phi) is 5.13. The largest absolute Gasteiger partial charge is 0.328 e. The van der Waals surface area contributed by atoms with E-state index in [9.17, 15) is 4.79 Å². The summed E-state index contributed by atoms with van der Waals surface area (Å²) in [5, 5.41) is 13.0. The van der Waals surface area contributed by atoms with Gasteiger partial charge in [0.2, 0.25) is 5.95 Å². The number of hydrogen-bond donors (Lipinski definition) is 2. The molecule has 31 heavy (non-hydrogen) atoms. The van der Waals surface area contributed by atoms with Gasteiger partial charge in [-0.1, -0.05) is 34.1 Å². The number of rotatable bonds is 4. The lowest BCUT2D eigenvalue weighted by Crippen LogP contribution is -2.31. The molecule has 0 unspecified atom stereocenters. The van der Waals surface area contributed by atoms with E-state index in [-0.39, 0.29) is 5.91 Å². The van der Waals surface area contributed by atoms with Gasteiger partial charge in [-0.25, -0.2) is 4.68 Å². The van der Waals surface area contributed by atoms with Crippen molar-refractivity contribution in [2.24, 2.45) is 0 Å². The van der Waals surface area contributed by atoms with E-state index in [1.165, 1.54) is 0 Å². The van der Waals surface area contributed by atoms with Crippen LogP contribution in [0.1, 0.15) is 18.5 Å². The highest BCUT2D eigenvalue weighted by atomic mass is 79.9. The van der Waals surface area contributed by atoms with Crippen LogP contribution in [-0.2, 0) is 4.79 Å². The summed E-state index contributed by atoms with van der Waals surface area (Å²) in [6.45, 7) is 1.88. The number of allylic oxidation sites excluding steroid dienone is 1. The van der Waals surface area contributed by atoms with Gasteiger partial charge in [0.05, 0.1) is 22.3 Å². The normalized spacial score (nSPS) is 15.4. The number of pyridine rings is 1. The Bertz CT molecular complexity index is 1280. The van der Waals surface area contributed by atoms with Crippen LogP contribution in [-0.4, -0.2) is 25.7 Å². The minimum atomic E-state index is -0.438. The van der Waals surface area contributed by atoms with Gasteiger partial charge in [0.15, 0.2) is 5.82 Å². The van der Waals surface area contributed by atoms with Crippen LogP contribution in [0.5, 0.6) is 0 Å². The number of nitrogens with zero attached hydrogens (tertiary/aromatic N) is 4. The number of carbonyl (C=O) groups excluding carboxylic acids is 1. The average molecular weight is 493 g/mol. The number of thiophene rings is 1. The van der Waals surface area contributed by atoms with Crippen molar-refractivity contribution in [1.82, 2.24) is 19.7 Å². The lowest BCUT2D eigenvalue weighted by molar-refractivity contribution is -0.113. The molecule has 1 amide bonds. The third-order valence-electron chi connectivity index (χ3n) is 4.92. The lowest BCUT2D eigenvalue weighted by Gasteiger charge is -2.28. The zero-order valence-electron chi connectivity index (χ0n) is 16.4. The molecule has 9 heteroatoms. The molecule has 7 nitrogen and oxygen atoms in total. The van der Waals surface area contributed by atoms with Crippen LogP contribution in [0.25, 0.3) is 10.7 Å². The van der Waals surface area contributed by atoms with Gasteiger partial charge in [-0.3, -0.25) is 9.78 Å². The monoisotopic (exact) mass is 492 g/mol. The minimum Gasteiger partial charge on any atom is -0.328 e. The van der Waals surface area contributed by atoms with Crippen molar-refractivity contribution in [2.45, 2.75) is 13.0 Å². The molecule has 0 spiro atoms. The van der Waals surface area contributed by atoms with Crippen molar-refractivity contribution >= 4 is 44.8 Å². The predicted molar refractivity (Wildman–Crippen MR) is 125 cm³/mol. The molecule has 5 rings (SSSR count). The van der Waals surface area contributed by atoms with E-state index < -0.39 is 6.04 Å². The maximum atomic E-state index is 13.4. The molecule has 1 aliphatic rings. The van der Waals surface area contributed by atoms with Gasteiger partial charge in [-0.15, -0.1) is 16.4 Å². The van der Waals surface area contributed by atoms with Crippen LogP contribution in [0.2, 0.25) is 0 Å². The van der Waals surface area contributed by atoms with E-state index in [0.717, 1.165) is 20.6 Å². The van der Waals surface area contributed by atoms with Gasteiger partial charge in [0.1, 0.15) is 6.04 Å². The summed E-state index contributed by atoms with van der Waals surface area (Å²) in [5.41, 5.74) is 2.85. The standard InChI is InChI=1S/C22H17BrN6OS/c1-13-18(21(30)26-16-7-3-9-24-12-16)19(14-5-2-6-15(23)11-14)29-22(25-13)27-20(28-29)17-8-4-10-31-17/h2-12,19H,1H3,(H,26,30)(H,25,27,28)/t19-/m1/s1. The van der Waals surface area contributed by atoms with E-state index in [4.69, 9.17) is 5.10 Å². The molecule has 0 saturated heterocycles. The number of nitrogens with one attached hydrogen (secondary N) is 2. The Hall–Kier alpha value is -3.30. The molecule has 154 valence electrons. The molecule has 0 fully saturated rings. The fourth-order valence-corrected chi connectivity index (χ4v) is 4.64. The number of halogens is 1. The van der Waals surface area contributed by atoms with Gasteiger partial charge in [-0.2, -0.15) is 4.98 Å². The van der Waals surface area contributed by atoms with Crippen molar-refractivity contribution < 1.29 is 4.79 Å². The smallest absolute Gasteiger partial charge is 0.255 e. The van der Waals surface area contributed by atoms with Crippen molar-refractivity contribution in [3.63, 3.8) is 0 Å². The third-order valence-corrected chi connectivity index (χ3v) is 6.28.